The first-order valence-corrected chi connectivity index (χ1v) is 13.7. The summed E-state index contributed by atoms with van der Waals surface area (Å²) >= 11 is 0. The molecular formula is C25H33N3O4S. The molecule has 0 aliphatic carbocycles. The third kappa shape index (κ3) is 5.06. The molecule has 0 saturated carbocycles. The SMILES string of the molecule is CCC[C@H]1C(=O)N(S(C)(=O)=O)C2=CCN(C(=O)C=Cc3ccc(CN4CCCCC4)cc3)[C@@H]21. The largest absolute Gasteiger partial charge is 0.326 e. The van der Waals surface area contributed by atoms with Gasteiger partial charge in [-0.3, -0.25) is 14.5 Å². The highest BCUT2D eigenvalue weighted by Crippen LogP contribution is 2.40. The summed E-state index contributed by atoms with van der Waals surface area (Å²) in [5.74, 6) is -1.17. The maximum atomic E-state index is 13.0. The molecule has 0 bridgehead atoms. The average molecular weight is 472 g/mol. The van der Waals surface area contributed by atoms with Crippen LogP contribution in [-0.4, -0.2) is 66.3 Å². The molecule has 0 radical (unpaired) electrons. The van der Waals surface area contributed by atoms with Gasteiger partial charge in [-0.15, -0.1) is 0 Å². The van der Waals surface area contributed by atoms with Crippen LogP contribution in [0.5, 0.6) is 0 Å². The molecule has 0 N–H and O–H groups in total. The van der Waals surface area contributed by atoms with Crippen molar-refractivity contribution in [3.8, 4) is 0 Å². The lowest BCUT2D eigenvalue weighted by Crippen LogP contribution is -2.40. The van der Waals surface area contributed by atoms with Crippen LogP contribution in [0, 0.1) is 5.92 Å². The number of carbonyl (C=O) groups is 2. The summed E-state index contributed by atoms with van der Waals surface area (Å²) in [6, 6.07) is 7.72. The number of fused-ring (bicyclic) bond motifs is 1. The number of carbonyl (C=O) groups excluding carboxylic acids is 2. The minimum Gasteiger partial charge on any atom is -0.326 e. The second-order valence-corrected chi connectivity index (χ2v) is 11.1. The summed E-state index contributed by atoms with van der Waals surface area (Å²) in [6.07, 6.45) is 11.2. The van der Waals surface area contributed by atoms with Crippen LogP contribution < -0.4 is 0 Å². The summed E-state index contributed by atoms with van der Waals surface area (Å²) in [6.45, 7) is 5.52. The van der Waals surface area contributed by atoms with Gasteiger partial charge in [-0.05, 0) is 55.6 Å². The quantitative estimate of drug-likeness (QED) is 0.572. The fourth-order valence-electron chi connectivity index (χ4n) is 5.17. The second kappa shape index (κ2) is 9.81. The molecule has 1 aromatic carbocycles. The summed E-state index contributed by atoms with van der Waals surface area (Å²) in [7, 11) is -3.72. The zero-order valence-electron chi connectivity index (χ0n) is 19.4. The van der Waals surface area contributed by atoms with Gasteiger partial charge in [0.15, 0.2) is 0 Å². The zero-order valence-corrected chi connectivity index (χ0v) is 20.3. The van der Waals surface area contributed by atoms with E-state index in [1.54, 1.807) is 17.1 Å². The fourth-order valence-corrected chi connectivity index (χ4v) is 6.20. The number of hydrogen-bond acceptors (Lipinski definition) is 5. The van der Waals surface area contributed by atoms with Gasteiger partial charge in [0.1, 0.15) is 0 Å². The molecule has 3 aliphatic heterocycles. The van der Waals surface area contributed by atoms with Crippen molar-refractivity contribution >= 4 is 27.9 Å². The van der Waals surface area contributed by atoms with E-state index in [9.17, 15) is 18.0 Å². The molecular weight excluding hydrogens is 438 g/mol. The first kappa shape index (κ1) is 23.7. The van der Waals surface area contributed by atoms with Gasteiger partial charge in [0.2, 0.25) is 21.8 Å². The van der Waals surface area contributed by atoms with E-state index >= 15 is 0 Å². The molecule has 1 aromatic rings. The number of likely N-dealkylation sites (tertiary alicyclic amines) is 1. The maximum absolute atomic E-state index is 13.0. The number of nitrogens with zero attached hydrogens (tertiary/aromatic N) is 3. The van der Waals surface area contributed by atoms with E-state index in [4.69, 9.17) is 0 Å². The monoisotopic (exact) mass is 471 g/mol. The highest BCUT2D eigenvalue weighted by Gasteiger charge is 2.53. The van der Waals surface area contributed by atoms with Gasteiger partial charge in [0.25, 0.3) is 0 Å². The fraction of sp³-hybridized carbons (Fsp3) is 0.520. The molecule has 33 heavy (non-hydrogen) atoms. The van der Waals surface area contributed by atoms with Crippen LogP contribution in [0.2, 0.25) is 0 Å². The van der Waals surface area contributed by atoms with Crippen LogP contribution in [0.15, 0.2) is 42.1 Å². The smallest absolute Gasteiger partial charge is 0.247 e. The van der Waals surface area contributed by atoms with E-state index in [0.29, 0.717) is 18.7 Å². The lowest BCUT2D eigenvalue weighted by Gasteiger charge is -2.26. The van der Waals surface area contributed by atoms with Crippen molar-refractivity contribution in [1.82, 2.24) is 14.1 Å². The lowest BCUT2D eigenvalue weighted by atomic mass is 9.96. The molecule has 3 aliphatic rings. The molecule has 8 heteroatoms. The standard InChI is InChI=1S/C25H33N3O4S/c1-3-7-21-24-22(28(25(21)30)33(2,31)32)14-17-27(24)23(29)13-12-19-8-10-20(11-9-19)18-26-15-5-4-6-16-26/h8-14,21,24H,3-7,15-18H2,1-2H3/t21-,24-/m1/s1. The van der Waals surface area contributed by atoms with Crippen molar-refractivity contribution in [2.75, 3.05) is 25.9 Å². The Bertz CT molecular complexity index is 1060. The molecule has 0 spiro atoms. The van der Waals surface area contributed by atoms with Crippen molar-refractivity contribution in [2.45, 2.75) is 51.6 Å². The Hall–Kier alpha value is -2.45. The third-order valence-corrected chi connectivity index (χ3v) is 7.79. The lowest BCUT2D eigenvalue weighted by molar-refractivity contribution is -0.130. The molecule has 2 amide bonds. The molecule has 3 heterocycles. The van der Waals surface area contributed by atoms with E-state index in [2.05, 4.69) is 17.0 Å². The second-order valence-electron chi connectivity index (χ2n) is 9.24. The van der Waals surface area contributed by atoms with Crippen molar-refractivity contribution < 1.29 is 18.0 Å². The van der Waals surface area contributed by atoms with Crippen molar-refractivity contribution in [2.24, 2.45) is 5.92 Å². The van der Waals surface area contributed by atoms with Gasteiger partial charge in [0, 0.05) is 19.2 Å². The predicted molar refractivity (Wildman–Crippen MR) is 128 cm³/mol. The van der Waals surface area contributed by atoms with Gasteiger partial charge in [-0.2, -0.15) is 0 Å². The highest BCUT2D eigenvalue weighted by atomic mass is 32.2. The normalized spacial score (nSPS) is 23.9. The van der Waals surface area contributed by atoms with E-state index in [1.165, 1.54) is 30.9 Å². The first-order valence-electron chi connectivity index (χ1n) is 11.8. The Morgan fingerprint density at radius 3 is 2.45 bits per heavy atom. The molecule has 2 atom stereocenters. The molecule has 7 nitrogen and oxygen atoms in total. The number of hydrogen-bond donors (Lipinski definition) is 0. The van der Waals surface area contributed by atoms with Gasteiger partial charge < -0.3 is 4.90 Å². The Labute approximate surface area is 196 Å². The van der Waals surface area contributed by atoms with E-state index in [0.717, 1.165) is 42.2 Å². The van der Waals surface area contributed by atoms with Crippen LogP contribution in [0.3, 0.4) is 0 Å². The molecule has 0 aromatic heterocycles. The molecule has 2 fully saturated rings. The van der Waals surface area contributed by atoms with Crippen molar-refractivity contribution in [1.29, 1.82) is 0 Å². The van der Waals surface area contributed by atoms with Gasteiger partial charge >= 0.3 is 0 Å². The van der Waals surface area contributed by atoms with Crippen molar-refractivity contribution in [3.63, 3.8) is 0 Å². The van der Waals surface area contributed by atoms with Gasteiger partial charge in [0.05, 0.1) is 23.9 Å². The number of benzene rings is 1. The summed E-state index contributed by atoms with van der Waals surface area (Å²) in [5.41, 5.74) is 2.62. The number of sulfonamides is 1. The van der Waals surface area contributed by atoms with Crippen LogP contribution in [-0.2, 0) is 26.2 Å². The summed E-state index contributed by atoms with van der Waals surface area (Å²) in [4.78, 5) is 29.9. The zero-order chi connectivity index (χ0) is 23.6. The third-order valence-electron chi connectivity index (χ3n) is 6.74. The van der Waals surface area contributed by atoms with E-state index in [-0.39, 0.29) is 5.91 Å². The highest BCUT2D eigenvalue weighted by molar-refractivity contribution is 7.89. The molecule has 4 rings (SSSR count). The van der Waals surface area contributed by atoms with Crippen LogP contribution >= 0.6 is 0 Å². The minimum atomic E-state index is -3.72. The summed E-state index contributed by atoms with van der Waals surface area (Å²) < 4.78 is 25.3. The summed E-state index contributed by atoms with van der Waals surface area (Å²) in [5, 5.41) is 0. The van der Waals surface area contributed by atoms with Crippen molar-refractivity contribution in [3.05, 3.63) is 53.2 Å². The topological polar surface area (TPSA) is 78.0 Å². The Balaban J connectivity index is 1.43. The molecule has 178 valence electrons. The van der Waals surface area contributed by atoms with Crippen LogP contribution in [0.4, 0.5) is 0 Å². The Kier molecular flexibility index (Phi) is 7.05. The molecule has 2 saturated heterocycles. The van der Waals surface area contributed by atoms with Crippen LogP contribution in [0.1, 0.15) is 50.2 Å². The number of rotatable bonds is 7. The van der Waals surface area contributed by atoms with Crippen LogP contribution in [0.25, 0.3) is 6.08 Å². The number of amides is 2. The Morgan fingerprint density at radius 2 is 1.82 bits per heavy atom. The maximum Gasteiger partial charge on any atom is 0.247 e. The predicted octanol–water partition coefficient (Wildman–Crippen LogP) is 3.00. The Morgan fingerprint density at radius 1 is 1.12 bits per heavy atom. The average Bonchev–Trinajstić information content (AvgIpc) is 3.32. The number of piperidine rings is 1. The van der Waals surface area contributed by atoms with E-state index < -0.39 is 27.9 Å². The first-order chi connectivity index (χ1) is 15.8. The molecule has 0 unspecified atom stereocenters. The van der Waals surface area contributed by atoms with Gasteiger partial charge in [-0.1, -0.05) is 44.0 Å². The minimum absolute atomic E-state index is 0.215. The van der Waals surface area contributed by atoms with E-state index in [1.807, 2.05) is 19.1 Å². The van der Waals surface area contributed by atoms with Gasteiger partial charge in [-0.25, -0.2) is 12.7 Å².